The molecule has 1 amide bonds. The Morgan fingerprint density at radius 2 is 1.72 bits per heavy atom. The number of carbonyl (C=O) groups excluding carboxylic acids is 3. The van der Waals surface area contributed by atoms with Crippen molar-refractivity contribution in [2.24, 2.45) is 0 Å². The van der Waals surface area contributed by atoms with Crippen LogP contribution in [0.2, 0.25) is 0 Å². The fraction of sp³-hybridized carbons (Fsp3) is 0.320. The number of aliphatic hydroxyl groups excluding tert-OH is 1. The van der Waals surface area contributed by atoms with E-state index in [4.69, 9.17) is 9.47 Å². The molecule has 0 bridgehead atoms. The minimum atomic E-state index is -1.03. The first-order valence-corrected chi connectivity index (χ1v) is 12.9. The van der Waals surface area contributed by atoms with E-state index in [2.05, 4.69) is 9.97 Å². The number of anilines is 1. The smallest absolute Gasteiger partial charge is 0.350 e. The van der Waals surface area contributed by atoms with Crippen molar-refractivity contribution in [2.75, 3.05) is 18.1 Å². The van der Waals surface area contributed by atoms with Gasteiger partial charge in [0.25, 0.3) is 5.91 Å². The molecule has 188 valence electrons. The lowest BCUT2D eigenvalue weighted by molar-refractivity contribution is -0.117. The van der Waals surface area contributed by atoms with Crippen LogP contribution in [0.3, 0.4) is 0 Å². The molecule has 1 aliphatic rings. The number of aliphatic hydroxyl groups is 1. The maximum atomic E-state index is 13.8. The number of ether oxygens (including phenoxy) is 2. The number of aryl methyl sites for hydroxylation is 3. The molecule has 1 unspecified atom stereocenters. The van der Waals surface area contributed by atoms with Gasteiger partial charge in [-0.05, 0) is 40.7 Å². The Labute approximate surface area is 216 Å². The van der Waals surface area contributed by atoms with Gasteiger partial charge in [0.1, 0.15) is 16.7 Å². The molecule has 0 saturated carbocycles. The van der Waals surface area contributed by atoms with E-state index in [9.17, 15) is 19.5 Å². The molecule has 3 aromatic rings. The monoisotopic (exact) mass is 527 g/mol. The Hall–Kier alpha value is -3.57. The summed E-state index contributed by atoms with van der Waals surface area (Å²) in [5, 5.41) is 11.9. The lowest BCUT2D eigenvalue weighted by Gasteiger charge is -2.26. The minimum absolute atomic E-state index is 0.0931. The van der Waals surface area contributed by atoms with Gasteiger partial charge in [-0.2, -0.15) is 0 Å². The van der Waals surface area contributed by atoms with Crippen LogP contribution in [0.5, 0.6) is 5.75 Å². The van der Waals surface area contributed by atoms with E-state index < -0.39 is 29.5 Å². The number of aromatic nitrogens is 2. The van der Waals surface area contributed by atoms with Crippen molar-refractivity contribution in [2.45, 2.75) is 40.7 Å². The molecule has 0 aliphatic carbocycles. The second-order valence-electron chi connectivity index (χ2n) is 7.92. The second kappa shape index (κ2) is 10.2. The summed E-state index contributed by atoms with van der Waals surface area (Å²) in [4.78, 5) is 50.3. The summed E-state index contributed by atoms with van der Waals surface area (Å²) >= 11 is 2.16. The van der Waals surface area contributed by atoms with Crippen LogP contribution < -0.4 is 9.64 Å². The van der Waals surface area contributed by atoms with Gasteiger partial charge in [0, 0.05) is 5.56 Å². The molecular weight excluding hydrogens is 502 g/mol. The number of amides is 1. The maximum absolute atomic E-state index is 13.8. The Kier molecular flexibility index (Phi) is 7.23. The summed E-state index contributed by atoms with van der Waals surface area (Å²) < 4.78 is 10.9. The minimum Gasteiger partial charge on any atom is -0.503 e. The SMILES string of the molecule is CCOC(=O)c1sc(N2C(=O)C(O)=C(C(=O)c3sc(C)nc3C)C2c2ccccc2OCC)nc1C. The fourth-order valence-corrected chi connectivity index (χ4v) is 5.92. The average Bonchev–Trinajstić information content (AvgIpc) is 3.47. The average molecular weight is 528 g/mol. The molecule has 1 atom stereocenters. The Bertz CT molecular complexity index is 1390. The van der Waals surface area contributed by atoms with Crippen LogP contribution in [0.4, 0.5) is 5.13 Å². The van der Waals surface area contributed by atoms with Gasteiger partial charge >= 0.3 is 5.97 Å². The van der Waals surface area contributed by atoms with Gasteiger partial charge < -0.3 is 14.6 Å². The molecule has 1 N–H and O–H groups in total. The number of ketones is 1. The van der Waals surface area contributed by atoms with E-state index in [1.165, 1.54) is 16.2 Å². The zero-order valence-corrected chi connectivity index (χ0v) is 22.1. The number of carbonyl (C=O) groups is 3. The number of rotatable bonds is 8. The molecule has 36 heavy (non-hydrogen) atoms. The first-order valence-electron chi connectivity index (χ1n) is 11.3. The van der Waals surface area contributed by atoms with Gasteiger partial charge in [0.05, 0.1) is 40.1 Å². The number of nitrogens with zero attached hydrogens (tertiary/aromatic N) is 3. The van der Waals surface area contributed by atoms with Crippen molar-refractivity contribution in [1.82, 2.24) is 9.97 Å². The topological polar surface area (TPSA) is 119 Å². The zero-order valence-electron chi connectivity index (χ0n) is 20.4. The molecule has 2 aromatic heterocycles. The Balaban J connectivity index is 1.91. The van der Waals surface area contributed by atoms with Crippen LogP contribution in [-0.2, 0) is 9.53 Å². The van der Waals surface area contributed by atoms with Crippen LogP contribution in [-0.4, -0.2) is 45.9 Å². The quantitative estimate of drug-likeness (QED) is 0.325. The van der Waals surface area contributed by atoms with Gasteiger partial charge in [-0.15, -0.1) is 11.3 Å². The molecule has 1 aliphatic heterocycles. The summed E-state index contributed by atoms with van der Waals surface area (Å²) in [7, 11) is 0. The van der Waals surface area contributed by atoms with Crippen molar-refractivity contribution >= 4 is 45.5 Å². The lowest BCUT2D eigenvalue weighted by Crippen LogP contribution is -2.31. The number of hydrogen-bond donors (Lipinski definition) is 1. The molecule has 9 nitrogen and oxygen atoms in total. The number of hydrogen-bond acceptors (Lipinski definition) is 10. The van der Waals surface area contributed by atoms with Crippen molar-refractivity contribution in [3.8, 4) is 5.75 Å². The molecule has 0 spiro atoms. The molecule has 4 rings (SSSR count). The van der Waals surface area contributed by atoms with Gasteiger partial charge in [-0.1, -0.05) is 29.5 Å². The second-order valence-corrected chi connectivity index (χ2v) is 10.1. The molecule has 0 saturated heterocycles. The van der Waals surface area contributed by atoms with Crippen LogP contribution >= 0.6 is 22.7 Å². The van der Waals surface area contributed by atoms with E-state index in [-0.39, 0.29) is 22.2 Å². The van der Waals surface area contributed by atoms with E-state index >= 15 is 0 Å². The molecule has 1 aromatic carbocycles. The predicted molar refractivity (Wildman–Crippen MR) is 136 cm³/mol. The van der Waals surface area contributed by atoms with Gasteiger partial charge in [0.15, 0.2) is 10.9 Å². The Morgan fingerprint density at radius 3 is 2.36 bits per heavy atom. The summed E-state index contributed by atoms with van der Waals surface area (Å²) in [5.74, 6) is -2.06. The highest BCUT2D eigenvalue weighted by Crippen LogP contribution is 2.46. The van der Waals surface area contributed by atoms with Crippen molar-refractivity contribution in [3.05, 3.63) is 67.3 Å². The first-order chi connectivity index (χ1) is 17.2. The molecular formula is C25H25N3O6S2. The third-order valence-electron chi connectivity index (χ3n) is 5.53. The van der Waals surface area contributed by atoms with Crippen LogP contribution in [0.1, 0.15) is 61.2 Å². The fourth-order valence-electron chi connectivity index (χ4n) is 4.06. The number of benzene rings is 1. The van der Waals surface area contributed by atoms with E-state index in [1.54, 1.807) is 52.0 Å². The highest BCUT2D eigenvalue weighted by atomic mass is 32.1. The normalized spacial score (nSPS) is 15.5. The van der Waals surface area contributed by atoms with Crippen molar-refractivity contribution in [1.29, 1.82) is 0 Å². The van der Waals surface area contributed by atoms with Crippen molar-refractivity contribution in [3.63, 3.8) is 0 Å². The van der Waals surface area contributed by atoms with Crippen LogP contribution in [0.15, 0.2) is 35.6 Å². The lowest BCUT2D eigenvalue weighted by atomic mass is 9.94. The summed E-state index contributed by atoms with van der Waals surface area (Å²) in [5.41, 5.74) is 1.31. The van der Waals surface area contributed by atoms with E-state index in [1.807, 2.05) is 6.92 Å². The number of esters is 1. The largest absolute Gasteiger partial charge is 0.503 e. The number of para-hydroxylation sites is 1. The third-order valence-corrected chi connectivity index (χ3v) is 7.74. The first kappa shape index (κ1) is 25.5. The maximum Gasteiger partial charge on any atom is 0.350 e. The third kappa shape index (κ3) is 4.40. The predicted octanol–water partition coefficient (Wildman–Crippen LogP) is 4.88. The van der Waals surface area contributed by atoms with Crippen molar-refractivity contribution < 1.29 is 29.0 Å². The zero-order chi connectivity index (χ0) is 26.1. The summed E-state index contributed by atoms with van der Waals surface area (Å²) in [6, 6.07) is 5.98. The van der Waals surface area contributed by atoms with E-state index in [0.29, 0.717) is 39.2 Å². The van der Waals surface area contributed by atoms with Gasteiger partial charge in [-0.3, -0.25) is 14.5 Å². The Morgan fingerprint density at radius 1 is 1.03 bits per heavy atom. The van der Waals surface area contributed by atoms with Crippen LogP contribution in [0, 0.1) is 20.8 Å². The van der Waals surface area contributed by atoms with Crippen LogP contribution in [0.25, 0.3) is 0 Å². The molecule has 11 heteroatoms. The molecule has 3 heterocycles. The number of Topliss-reactive ketones (excluding diaryl/α,β-unsaturated/α-hetero) is 1. The number of thiazole rings is 2. The standard InChI is InChI=1S/C25H25N3O6S2/c1-6-33-16-11-9-8-10-15(16)18-17(19(29)21-12(3)26-14(5)35-21)20(30)23(31)28(18)25-27-13(4)22(36-25)24(32)34-7-2/h8-11,18,30H,6-7H2,1-5H3. The summed E-state index contributed by atoms with van der Waals surface area (Å²) in [6.45, 7) is 9.20. The molecule has 0 radical (unpaired) electrons. The highest BCUT2D eigenvalue weighted by molar-refractivity contribution is 7.17. The van der Waals surface area contributed by atoms with E-state index in [0.717, 1.165) is 11.3 Å². The van der Waals surface area contributed by atoms with Gasteiger partial charge in [0.2, 0.25) is 5.78 Å². The summed E-state index contributed by atoms with van der Waals surface area (Å²) in [6.07, 6.45) is 0. The van der Waals surface area contributed by atoms with Gasteiger partial charge in [-0.25, -0.2) is 14.8 Å². The highest BCUT2D eigenvalue weighted by Gasteiger charge is 2.47. The molecule has 0 fully saturated rings.